The monoisotopic (exact) mass is 430 g/mol. The van der Waals surface area contributed by atoms with Gasteiger partial charge in [-0.3, -0.25) is 0 Å². The van der Waals surface area contributed by atoms with E-state index in [0.29, 0.717) is 13.2 Å². The van der Waals surface area contributed by atoms with Gasteiger partial charge in [0.1, 0.15) is 18.5 Å². The number of nitrogens with zero attached hydrogens (tertiary/aromatic N) is 5. The van der Waals surface area contributed by atoms with Crippen LogP contribution in [0.25, 0.3) is 0 Å². The summed E-state index contributed by atoms with van der Waals surface area (Å²) in [5.74, 6) is 3.83. The first-order valence-electron chi connectivity index (χ1n) is 10.6. The number of aromatic nitrogens is 3. The van der Waals surface area contributed by atoms with Crippen molar-refractivity contribution in [1.82, 2.24) is 25.0 Å². The number of aliphatic imine (C=N–C) groups is 1. The van der Waals surface area contributed by atoms with Crippen LogP contribution in [0.4, 0.5) is 0 Å². The van der Waals surface area contributed by atoms with E-state index in [9.17, 15) is 0 Å². The first-order valence-corrected chi connectivity index (χ1v) is 11.9. The molecule has 1 unspecified atom stereocenters. The third kappa shape index (κ3) is 5.76. The van der Waals surface area contributed by atoms with E-state index in [1.807, 2.05) is 30.3 Å². The number of aryl methyl sites for hydroxylation is 3. The van der Waals surface area contributed by atoms with E-state index in [4.69, 9.17) is 9.73 Å². The topological polar surface area (TPSA) is 67.6 Å². The summed E-state index contributed by atoms with van der Waals surface area (Å²) in [6.07, 6.45) is 3.30. The Hall–Kier alpha value is -2.06. The molecule has 0 saturated carbocycles. The van der Waals surface area contributed by atoms with Crippen LogP contribution in [0.15, 0.2) is 23.2 Å². The molecule has 164 valence electrons. The number of benzene rings is 1. The minimum Gasteiger partial charge on any atom is -0.370 e. The molecule has 0 bridgehead atoms. The molecule has 3 rings (SSSR count). The highest BCUT2D eigenvalue weighted by atomic mass is 32.2. The van der Waals surface area contributed by atoms with E-state index in [0.717, 1.165) is 49.4 Å². The summed E-state index contributed by atoms with van der Waals surface area (Å²) in [6, 6.07) is 6.59. The van der Waals surface area contributed by atoms with Gasteiger partial charge in [0, 0.05) is 20.1 Å². The van der Waals surface area contributed by atoms with Gasteiger partial charge in [0.15, 0.2) is 11.8 Å². The Labute approximate surface area is 184 Å². The Morgan fingerprint density at radius 1 is 1.30 bits per heavy atom. The van der Waals surface area contributed by atoms with Gasteiger partial charge in [0.05, 0.1) is 13.2 Å². The molecule has 1 atom stereocenters. The normalized spacial score (nSPS) is 17.4. The molecule has 30 heavy (non-hydrogen) atoms. The van der Waals surface area contributed by atoms with E-state index in [1.165, 1.54) is 16.7 Å². The van der Waals surface area contributed by atoms with Gasteiger partial charge in [0.25, 0.3) is 0 Å². The maximum Gasteiger partial charge on any atom is 0.194 e. The van der Waals surface area contributed by atoms with E-state index >= 15 is 0 Å². The number of guanidine groups is 1. The Kier molecular flexibility index (Phi) is 8.16. The van der Waals surface area contributed by atoms with Crippen molar-refractivity contribution in [3.63, 3.8) is 0 Å². The molecule has 0 aliphatic carbocycles. The number of morpholine rings is 1. The lowest BCUT2D eigenvalue weighted by Crippen LogP contribution is -2.48. The second kappa shape index (κ2) is 10.8. The van der Waals surface area contributed by atoms with Crippen LogP contribution in [0.5, 0.6) is 0 Å². The van der Waals surface area contributed by atoms with E-state index in [1.54, 1.807) is 0 Å². The minimum atomic E-state index is 0.0506. The molecule has 1 aromatic heterocycles. The zero-order valence-corrected chi connectivity index (χ0v) is 19.6. The summed E-state index contributed by atoms with van der Waals surface area (Å²) in [5.41, 5.74) is 3.82. The van der Waals surface area contributed by atoms with Crippen molar-refractivity contribution in [2.75, 3.05) is 38.2 Å². The average molecular weight is 431 g/mol. The first kappa shape index (κ1) is 22.6. The van der Waals surface area contributed by atoms with Crippen molar-refractivity contribution >= 4 is 17.7 Å². The number of hydrogen-bond acceptors (Lipinski definition) is 5. The van der Waals surface area contributed by atoms with Crippen LogP contribution < -0.4 is 5.32 Å². The molecular weight excluding hydrogens is 396 g/mol. The van der Waals surface area contributed by atoms with Crippen molar-refractivity contribution in [3.05, 3.63) is 46.5 Å². The van der Waals surface area contributed by atoms with Crippen LogP contribution in [0.1, 0.15) is 40.9 Å². The van der Waals surface area contributed by atoms with Crippen LogP contribution in [-0.2, 0) is 18.3 Å². The molecule has 2 heterocycles. The predicted molar refractivity (Wildman–Crippen MR) is 124 cm³/mol. The highest BCUT2D eigenvalue weighted by Gasteiger charge is 2.25. The molecule has 1 fully saturated rings. The molecule has 1 aromatic carbocycles. The molecule has 7 nitrogen and oxygen atoms in total. The number of rotatable bonds is 7. The van der Waals surface area contributed by atoms with Crippen molar-refractivity contribution in [1.29, 1.82) is 0 Å². The van der Waals surface area contributed by atoms with Gasteiger partial charge in [-0.1, -0.05) is 23.8 Å². The minimum absolute atomic E-state index is 0.0506. The smallest absolute Gasteiger partial charge is 0.194 e. The molecule has 1 N–H and O–H groups in total. The van der Waals surface area contributed by atoms with Gasteiger partial charge in [0.2, 0.25) is 0 Å². The van der Waals surface area contributed by atoms with Crippen LogP contribution in [-0.4, -0.2) is 63.9 Å². The fourth-order valence-electron chi connectivity index (χ4n) is 3.64. The Morgan fingerprint density at radius 2 is 2.13 bits per heavy atom. The van der Waals surface area contributed by atoms with Crippen molar-refractivity contribution < 1.29 is 4.74 Å². The second-order valence-electron chi connectivity index (χ2n) is 7.80. The van der Waals surface area contributed by atoms with Gasteiger partial charge in [-0.15, -0.1) is 10.2 Å². The fraction of sp³-hybridized carbons (Fsp3) is 0.591. The molecular formula is C22H34N6OS. The van der Waals surface area contributed by atoms with Crippen LogP contribution in [0, 0.1) is 20.8 Å². The quantitative estimate of drug-likeness (QED) is 0.414. The van der Waals surface area contributed by atoms with E-state index in [-0.39, 0.29) is 6.10 Å². The summed E-state index contributed by atoms with van der Waals surface area (Å²) in [7, 11) is 1.98. The van der Waals surface area contributed by atoms with E-state index in [2.05, 4.69) is 58.7 Å². The lowest BCUT2D eigenvalue weighted by Gasteiger charge is -2.36. The fourth-order valence-corrected chi connectivity index (χ4v) is 4.07. The van der Waals surface area contributed by atoms with Crippen molar-refractivity contribution in [3.8, 4) is 0 Å². The van der Waals surface area contributed by atoms with Gasteiger partial charge in [-0.2, -0.15) is 11.8 Å². The van der Waals surface area contributed by atoms with E-state index < -0.39 is 0 Å². The summed E-state index contributed by atoms with van der Waals surface area (Å²) in [6.45, 7) is 9.96. The SMILES string of the molecule is CSCCCNC(=NCc1nnc(C)n1C)N1CCOC(c2ccc(C)cc2C)C1. The highest BCUT2D eigenvalue weighted by Crippen LogP contribution is 2.26. The molecule has 0 radical (unpaired) electrons. The van der Waals surface area contributed by atoms with Crippen molar-refractivity contribution in [2.45, 2.75) is 39.8 Å². The third-order valence-corrected chi connectivity index (χ3v) is 6.20. The lowest BCUT2D eigenvalue weighted by molar-refractivity contribution is -0.00837. The second-order valence-corrected chi connectivity index (χ2v) is 8.79. The zero-order chi connectivity index (χ0) is 21.5. The average Bonchev–Trinajstić information content (AvgIpc) is 3.05. The van der Waals surface area contributed by atoms with Crippen molar-refractivity contribution in [2.24, 2.45) is 12.0 Å². The number of thioether (sulfide) groups is 1. The molecule has 2 aromatic rings. The predicted octanol–water partition coefficient (Wildman–Crippen LogP) is 3.01. The maximum absolute atomic E-state index is 6.14. The van der Waals surface area contributed by atoms with Gasteiger partial charge in [-0.05, 0) is 50.3 Å². The Bertz CT molecular complexity index is 865. The molecule has 0 amide bonds. The molecule has 1 aliphatic heterocycles. The summed E-state index contributed by atoms with van der Waals surface area (Å²) >= 11 is 1.87. The molecule has 1 aliphatic rings. The Balaban J connectivity index is 1.75. The Morgan fingerprint density at radius 3 is 2.83 bits per heavy atom. The maximum atomic E-state index is 6.14. The molecule has 8 heteroatoms. The van der Waals surface area contributed by atoms with Crippen LogP contribution in [0.2, 0.25) is 0 Å². The highest BCUT2D eigenvalue weighted by molar-refractivity contribution is 7.98. The largest absolute Gasteiger partial charge is 0.370 e. The van der Waals surface area contributed by atoms with Crippen LogP contribution >= 0.6 is 11.8 Å². The standard InChI is InChI=1S/C22H34N6OS/c1-16-7-8-19(17(2)13-16)20-15-28(10-11-29-20)22(23-9-6-12-30-5)24-14-21-26-25-18(3)27(21)4/h7-8,13,20H,6,9-12,14-15H2,1-5H3,(H,23,24). The summed E-state index contributed by atoms with van der Waals surface area (Å²) < 4.78 is 8.13. The number of nitrogens with one attached hydrogen (secondary N) is 1. The summed E-state index contributed by atoms with van der Waals surface area (Å²) in [4.78, 5) is 7.22. The van der Waals surface area contributed by atoms with Gasteiger partial charge in [-0.25, -0.2) is 4.99 Å². The molecule has 1 saturated heterocycles. The number of hydrogen-bond donors (Lipinski definition) is 1. The summed E-state index contributed by atoms with van der Waals surface area (Å²) in [5, 5.41) is 12.0. The first-order chi connectivity index (χ1) is 14.5. The zero-order valence-electron chi connectivity index (χ0n) is 18.8. The lowest BCUT2D eigenvalue weighted by atomic mass is 10.00. The third-order valence-electron chi connectivity index (χ3n) is 5.50. The van der Waals surface area contributed by atoms with Crippen LogP contribution in [0.3, 0.4) is 0 Å². The van der Waals surface area contributed by atoms with Gasteiger partial charge < -0.3 is 19.5 Å². The number of ether oxygens (including phenoxy) is 1. The molecule has 0 spiro atoms. The van der Waals surface area contributed by atoms with Gasteiger partial charge >= 0.3 is 0 Å².